The van der Waals surface area contributed by atoms with Crippen molar-refractivity contribution in [1.29, 1.82) is 0 Å². The van der Waals surface area contributed by atoms with Crippen molar-refractivity contribution < 1.29 is 34.1 Å². The Morgan fingerprint density at radius 1 is 0.855 bits per heavy atom. The number of aryl methyl sites for hydroxylation is 2. The molecule has 6 aromatic rings. The number of hydrogen-bond donors (Lipinski definition) is 7. The molecule has 7 atom stereocenters. The second-order valence-corrected chi connectivity index (χ2v) is 24.9. The molecule has 3 unspecified atom stereocenters. The fourth-order valence-corrected chi connectivity index (χ4v) is 13.0. The van der Waals surface area contributed by atoms with E-state index in [2.05, 4.69) is 74.4 Å². The summed E-state index contributed by atoms with van der Waals surface area (Å²) in [5, 5.41) is 42.7. The third-order valence-corrected chi connectivity index (χ3v) is 17.8. The highest BCUT2D eigenvalue weighted by atomic mass is 32.1. The molecule has 2 aliphatic heterocycles. The smallest absolute Gasteiger partial charge is 0.234 e. The van der Waals surface area contributed by atoms with E-state index in [4.69, 9.17) is 15.2 Å². The highest BCUT2D eigenvalue weighted by molar-refractivity contribution is 7.13. The number of hydrogen-bond acceptors (Lipinski definition) is 18. The van der Waals surface area contributed by atoms with Gasteiger partial charge in [0.05, 0.1) is 58.3 Å². The van der Waals surface area contributed by atoms with Crippen LogP contribution in [0.3, 0.4) is 0 Å². The van der Waals surface area contributed by atoms with Crippen molar-refractivity contribution in [3.05, 3.63) is 114 Å². The topological polar surface area (TPSA) is 255 Å². The highest BCUT2D eigenvalue weighted by Gasteiger charge is 2.42. The molecule has 2 amide bonds. The van der Waals surface area contributed by atoms with E-state index in [1.807, 2.05) is 101 Å². The summed E-state index contributed by atoms with van der Waals surface area (Å²) in [5.74, 6) is 0.463. The van der Waals surface area contributed by atoms with Crippen molar-refractivity contribution in [1.82, 2.24) is 41.1 Å². The average molecular weight is 1150 g/mol. The van der Waals surface area contributed by atoms with E-state index in [1.165, 1.54) is 0 Å². The standard InChI is InChI=1S/C63H80N12O7S/c1-38(41-13-15-42(16-14-41)59-39(2)69-37-83-59)70-62(80)44-18-17-43(27-48(76)28-44)58(79)60(63(3,4)5)71-56(78)34-65-24-25-66-55-21-12-40(33-68-55)9-8-26-81-49-30-50(31-49)82-57-29-45(22-23-67-57)75-46-19-20-47(75)36-74(35-46)53-32-52(72-73-61(53)64)51-10-6-7-11-54(51)77/h6-7,10-16,21-23,29,32-33,37-38,43-44,46-50,60,65,76-77H,8-9,17-20,24-28,30-31,34-36H2,1-5H3,(H2,64,73)(H,66,68)(H,70,80)(H,71,78)/t38-,43?,44-,46?,47?,48-,49?,50?,60+/m0/s1. The molecule has 4 fully saturated rings. The third kappa shape index (κ3) is 14.7. The van der Waals surface area contributed by atoms with Gasteiger partial charge < -0.3 is 56.5 Å². The second kappa shape index (κ2) is 26.5. The molecule has 0 radical (unpaired) electrons. The number of nitrogen functional groups attached to an aromatic ring is 1. The largest absolute Gasteiger partial charge is 0.507 e. The number of piperazine rings is 1. The number of phenolic OH excluding ortho intramolecular Hbond substituents is 1. The molecule has 6 heterocycles. The maximum Gasteiger partial charge on any atom is 0.234 e. The third-order valence-electron chi connectivity index (χ3n) is 16.8. The van der Waals surface area contributed by atoms with Crippen LogP contribution in [-0.2, 0) is 25.5 Å². The molecule has 4 aromatic heterocycles. The van der Waals surface area contributed by atoms with Crippen LogP contribution in [-0.4, -0.2) is 129 Å². The van der Waals surface area contributed by atoms with E-state index in [-0.39, 0.29) is 73.1 Å². The van der Waals surface area contributed by atoms with Crippen LogP contribution in [0.2, 0.25) is 0 Å². The predicted molar refractivity (Wildman–Crippen MR) is 323 cm³/mol. The molecule has 2 aliphatic carbocycles. The number of nitrogens with zero attached hydrogens (tertiary/aromatic N) is 7. The molecular formula is C63H80N12O7S. The van der Waals surface area contributed by atoms with Crippen LogP contribution in [0.4, 0.5) is 23.0 Å². The molecule has 2 aromatic carbocycles. The molecule has 2 saturated carbocycles. The van der Waals surface area contributed by atoms with Gasteiger partial charge in [0.2, 0.25) is 17.7 Å². The monoisotopic (exact) mass is 1150 g/mol. The fraction of sp³-hybridized carbons (Fsp3) is 0.492. The van der Waals surface area contributed by atoms with E-state index in [0.717, 1.165) is 96.1 Å². The first kappa shape index (κ1) is 58.9. The molecule has 0 spiro atoms. The number of aromatic hydroxyl groups is 1. The van der Waals surface area contributed by atoms with Crippen LogP contribution < -0.4 is 41.5 Å². The van der Waals surface area contributed by atoms with Gasteiger partial charge in [-0.2, -0.15) is 0 Å². The number of aliphatic hydroxyl groups is 1. The van der Waals surface area contributed by atoms with Gasteiger partial charge in [-0.15, -0.1) is 21.5 Å². The lowest BCUT2D eigenvalue weighted by molar-refractivity contribution is -0.133. The lowest BCUT2D eigenvalue weighted by Crippen LogP contribution is -2.54. The number of fused-ring (bicyclic) bond motifs is 2. The Balaban J connectivity index is 0.588. The lowest BCUT2D eigenvalue weighted by Gasteiger charge is -2.43. The number of Topliss-reactive ketones (excluding diaryl/α,β-unsaturated/α-hetero) is 1. The highest BCUT2D eigenvalue weighted by Crippen LogP contribution is 2.41. The van der Waals surface area contributed by atoms with Gasteiger partial charge in [-0.05, 0) is 118 Å². The summed E-state index contributed by atoms with van der Waals surface area (Å²) >= 11 is 1.60. The zero-order valence-corrected chi connectivity index (χ0v) is 49.1. The quantitative estimate of drug-likeness (QED) is 0.0236. The zero-order valence-electron chi connectivity index (χ0n) is 48.3. The van der Waals surface area contributed by atoms with Gasteiger partial charge in [-0.3, -0.25) is 14.4 Å². The van der Waals surface area contributed by atoms with Crippen molar-refractivity contribution >= 4 is 51.9 Å². The van der Waals surface area contributed by atoms with E-state index < -0.39 is 29.4 Å². The number of phenols is 1. The number of aromatic nitrogens is 5. The normalized spacial score (nSPS) is 22.2. The molecule has 2 saturated heterocycles. The van der Waals surface area contributed by atoms with Gasteiger partial charge in [0.1, 0.15) is 17.7 Å². The number of amides is 2. The number of pyridine rings is 2. The minimum absolute atomic E-state index is 0.0347. The Morgan fingerprint density at radius 2 is 1.61 bits per heavy atom. The van der Waals surface area contributed by atoms with Gasteiger partial charge in [0.25, 0.3) is 0 Å². The first-order chi connectivity index (χ1) is 40.0. The summed E-state index contributed by atoms with van der Waals surface area (Å²) in [7, 11) is 0. The fourth-order valence-electron chi connectivity index (χ4n) is 12.2. The van der Waals surface area contributed by atoms with Crippen LogP contribution in [0.5, 0.6) is 11.6 Å². The predicted octanol–water partition coefficient (Wildman–Crippen LogP) is 8.22. The summed E-state index contributed by atoms with van der Waals surface area (Å²) in [4.78, 5) is 60.4. The van der Waals surface area contributed by atoms with Gasteiger partial charge in [0.15, 0.2) is 11.6 Å². The van der Waals surface area contributed by atoms with Crippen molar-refractivity contribution in [3.8, 4) is 33.3 Å². The number of carbonyl (C=O) groups excluding carboxylic acids is 3. The van der Waals surface area contributed by atoms with E-state index in [1.54, 1.807) is 23.5 Å². The molecule has 19 nitrogen and oxygen atoms in total. The first-order valence-electron chi connectivity index (χ1n) is 29.4. The van der Waals surface area contributed by atoms with Crippen molar-refractivity contribution in [2.75, 3.05) is 60.2 Å². The number of para-hydroxylation sites is 1. The number of rotatable bonds is 23. The van der Waals surface area contributed by atoms with Gasteiger partial charge in [-0.1, -0.05) is 63.2 Å². The number of ketones is 1. The molecule has 10 rings (SSSR count). The maximum atomic E-state index is 14.1. The number of ether oxygens (including phenoxy) is 2. The molecule has 20 heteroatoms. The number of aliphatic hydroxyl groups excluding tert-OH is 1. The Kier molecular flexibility index (Phi) is 18.8. The molecular weight excluding hydrogens is 1070 g/mol. The van der Waals surface area contributed by atoms with Crippen molar-refractivity contribution in [3.63, 3.8) is 0 Å². The van der Waals surface area contributed by atoms with Crippen LogP contribution in [0, 0.1) is 24.2 Å². The lowest BCUT2D eigenvalue weighted by atomic mass is 9.78. The second-order valence-electron chi connectivity index (χ2n) is 24.0. The molecule has 2 bridgehead atoms. The van der Waals surface area contributed by atoms with E-state index >= 15 is 0 Å². The Morgan fingerprint density at radius 3 is 2.34 bits per heavy atom. The van der Waals surface area contributed by atoms with E-state index in [9.17, 15) is 24.6 Å². The van der Waals surface area contributed by atoms with Gasteiger partial charge in [-0.25, -0.2) is 15.0 Å². The Bertz CT molecular complexity index is 3160. The molecule has 83 heavy (non-hydrogen) atoms. The van der Waals surface area contributed by atoms with Crippen LogP contribution in [0.1, 0.15) is 108 Å². The summed E-state index contributed by atoms with van der Waals surface area (Å²) in [6.07, 6.45) is 10.1. The Hall–Kier alpha value is -7.26. The SMILES string of the molecule is Cc1ncsc1-c1ccc([C@H](C)NC(=O)[C@H]2CCC(C(=O)[C@@H](NC(=O)CNCCNc3ccc(CCCOC4CC(Oc5cc(N6C7CCC6CN(c6cc(-c8ccccc8O)nnc6N)C7)ccn5)C4)cn3)C(C)(C)C)C[C@H](O)C2)cc1. The summed E-state index contributed by atoms with van der Waals surface area (Å²) in [5.41, 5.74) is 15.0. The van der Waals surface area contributed by atoms with Crippen LogP contribution in [0.25, 0.3) is 21.7 Å². The van der Waals surface area contributed by atoms with Crippen molar-refractivity contribution in [2.24, 2.45) is 17.3 Å². The van der Waals surface area contributed by atoms with Crippen LogP contribution in [0.15, 0.2) is 96.8 Å². The van der Waals surface area contributed by atoms with E-state index in [0.29, 0.717) is 55.5 Å². The molecule has 4 aliphatic rings. The summed E-state index contributed by atoms with van der Waals surface area (Å²) in [6.45, 7) is 13.0. The number of nitrogens with two attached hydrogens (primary N) is 1. The number of nitrogens with one attached hydrogen (secondary N) is 4. The van der Waals surface area contributed by atoms with Crippen LogP contribution >= 0.6 is 11.3 Å². The maximum absolute atomic E-state index is 14.1. The number of benzene rings is 2. The van der Waals surface area contributed by atoms with Crippen molar-refractivity contribution in [2.45, 2.75) is 141 Å². The first-order valence-corrected chi connectivity index (χ1v) is 30.3. The summed E-state index contributed by atoms with van der Waals surface area (Å²) < 4.78 is 12.6. The minimum Gasteiger partial charge on any atom is -0.507 e. The minimum atomic E-state index is -0.814. The number of carbonyl (C=O) groups is 3. The summed E-state index contributed by atoms with van der Waals surface area (Å²) in [6, 6.07) is 25.0. The van der Waals surface area contributed by atoms with Gasteiger partial charge in [0, 0.05) is 99.3 Å². The number of anilines is 4. The molecule has 440 valence electrons. The Labute approximate surface area is 490 Å². The molecule has 8 N–H and O–H groups in total. The number of thiazole rings is 1. The average Bonchev–Trinajstić information content (AvgIpc) is 3.76. The van der Waals surface area contributed by atoms with Gasteiger partial charge >= 0.3 is 0 Å². The zero-order chi connectivity index (χ0) is 58.2.